The van der Waals surface area contributed by atoms with Crippen LogP contribution in [0.3, 0.4) is 0 Å². The third-order valence-corrected chi connectivity index (χ3v) is 2.26. The highest BCUT2D eigenvalue weighted by Crippen LogP contribution is 2.20. The van der Waals surface area contributed by atoms with Crippen molar-refractivity contribution in [2.45, 2.75) is 6.92 Å². The van der Waals surface area contributed by atoms with Gasteiger partial charge in [-0.3, -0.25) is 4.98 Å². The molecule has 0 saturated carbocycles. The Morgan fingerprint density at radius 1 is 1.18 bits per heavy atom. The molecule has 2 rings (SSSR count). The van der Waals surface area contributed by atoms with Gasteiger partial charge in [-0.1, -0.05) is 6.07 Å². The first-order chi connectivity index (χ1) is 8.15. The lowest BCUT2D eigenvalue weighted by atomic mass is 10.1. The maximum Gasteiger partial charge on any atom is 0.409 e. The third kappa shape index (κ3) is 2.81. The first-order valence-corrected chi connectivity index (χ1v) is 5.16. The predicted octanol–water partition coefficient (Wildman–Crippen LogP) is 2.51. The molecule has 1 aromatic carbocycles. The first-order valence-electron chi connectivity index (χ1n) is 5.16. The molecule has 0 radical (unpaired) electrons. The van der Waals surface area contributed by atoms with Crippen molar-refractivity contribution in [3.63, 3.8) is 0 Å². The van der Waals surface area contributed by atoms with Crippen LogP contribution < -0.4 is 10.5 Å². The van der Waals surface area contributed by atoms with E-state index in [2.05, 4.69) is 4.98 Å². The quantitative estimate of drug-likeness (QED) is 0.858. The minimum Gasteiger partial charge on any atom is -0.411 e. The summed E-state index contributed by atoms with van der Waals surface area (Å²) >= 11 is 0. The standard InChI is InChI=1S/C13H12N2O2/c1-9-3-2-4-12(15-9)10-5-7-11(8-6-10)17-13(14)16/h2-8H,1H3,(H2,14,16). The molecule has 1 amide bonds. The lowest BCUT2D eigenvalue weighted by molar-refractivity contribution is 0.211. The van der Waals surface area contributed by atoms with E-state index in [0.29, 0.717) is 5.75 Å². The Hall–Kier alpha value is -2.36. The fourth-order valence-electron chi connectivity index (χ4n) is 1.51. The SMILES string of the molecule is Cc1cccc(-c2ccc(OC(N)=O)cc2)n1. The van der Waals surface area contributed by atoms with E-state index in [1.54, 1.807) is 12.1 Å². The fraction of sp³-hybridized carbons (Fsp3) is 0.0769. The number of hydrogen-bond donors (Lipinski definition) is 1. The fourth-order valence-corrected chi connectivity index (χ4v) is 1.51. The molecule has 0 spiro atoms. The number of aromatic nitrogens is 1. The summed E-state index contributed by atoms with van der Waals surface area (Å²) in [6.07, 6.45) is -0.813. The Morgan fingerprint density at radius 3 is 2.47 bits per heavy atom. The number of rotatable bonds is 2. The Bertz CT molecular complexity index is 535. The van der Waals surface area contributed by atoms with Crippen molar-refractivity contribution in [3.05, 3.63) is 48.2 Å². The average Bonchev–Trinajstić information content (AvgIpc) is 2.29. The topological polar surface area (TPSA) is 65.2 Å². The van der Waals surface area contributed by atoms with Gasteiger partial charge >= 0.3 is 6.09 Å². The molecule has 0 atom stereocenters. The van der Waals surface area contributed by atoms with E-state index < -0.39 is 6.09 Å². The van der Waals surface area contributed by atoms with Crippen LogP contribution in [0.2, 0.25) is 0 Å². The number of pyridine rings is 1. The largest absolute Gasteiger partial charge is 0.411 e. The summed E-state index contributed by atoms with van der Waals surface area (Å²) in [5.41, 5.74) is 7.73. The number of ether oxygens (including phenoxy) is 1. The number of nitrogens with two attached hydrogens (primary N) is 1. The third-order valence-electron chi connectivity index (χ3n) is 2.26. The molecule has 86 valence electrons. The van der Waals surface area contributed by atoms with E-state index in [1.807, 2.05) is 37.3 Å². The van der Waals surface area contributed by atoms with Gasteiger partial charge in [-0.05, 0) is 43.3 Å². The molecule has 1 heterocycles. The van der Waals surface area contributed by atoms with Gasteiger partial charge < -0.3 is 10.5 Å². The Morgan fingerprint density at radius 2 is 1.88 bits per heavy atom. The summed E-state index contributed by atoms with van der Waals surface area (Å²) in [4.78, 5) is 15.0. The molecule has 0 fully saturated rings. The molecule has 0 bridgehead atoms. The second-order valence-corrected chi connectivity index (χ2v) is 3.61. The van der Waals surface area contributed by atoms with Gasteiger partial charge in [0.25, 0.3) is 0 Å². The lowest BCUT2D eigenvalue weighted by Crippen LogP contribution is -2.16. The van der Waals surface area contributed by atoms with Crippen molar-refractivity contribution in [1.29, 1.82) is 0 Å². The number of carbonyl (C=O) groups is 1. The Labute approximate surface area is 99.1 Å². The molecule has 0 aliphatic heterocycles. The molecule has 17 heavy (non-hydrogen) atoms. The van der Waals surface area contributed by atoms with E-state index in [1.165, 1.54) is 0 Å². The molecular weight excluding hydrogens is 216 g/mol. The van der Waals surface area contributed by atoms with E-state index in [9.17, 15) is 4.79 Å². The van der Waals surface area contributed by atoms with Crippen LogP contribution in [0.25, 0.3) is 11.3 Å². The van der Waals surface area contributed by atoms with Crippen LogP contribution in [0.1, 0.15) is 5.69 Å². The zero-order chi connectivity index (χ0) is 12.3. The minimum atomic E-state index is -0.813. The molecule has 4 heteroatoms. The van der Waals surface area contributed by atoms with E-state index in [4.69, 9.17) is 10.5 Å². The van der Waals surface area contributed by atoms with Crippen molar-refractivity contribution in [3.8, 4) is 17.0 Å². The van der Waals surface area contributed by atoms with E-state index in [-0.39, 0.29) is 0 Å². The molecule has 2 aromatic rings. The molecule has 2 N–H and O–H groups in total. The Kier molecular flexibility index (Phi) is 3.05. The van der Waals surface area contributed by atoms with Gasteiger partial charge in [0.2, 0.25) is 0 Å². The number of hydrogen-bond acceptors (Lipinski definition) is 3. The smallest absolute Gasteiger partial charge is 0.409 e. The van der Waals surface area contributed by atoms with Crippen LogP contribution in [-0.4, -0.2) is 11.1 Å². The lowest BCUT2D eigenvalue weighted by Gasteiger charge is -2.04. The summed E-state index contributed by atoms with van der Waals surface area (Å²) in [6.45, 7) is 1.94. The van der Waals surface area contributed by atoms with Crippen LogP contribution in [0.5, 0.6) is 5.75 Å². The highest BCUT2D eigenvalue weighted by molar-refractivity contribution is 5.68. The number of benzene rings is 1. The maximum atomic E-state index is 10.6. The van der Waals surface area contributed by atoms with Gasteiger partial charge in [0, 0.05) is 11.3 Å². The summed E-state index contributed by atoms with van der Waals surface area (Å²) in [7, 11) is 0. The summed E-state index contributed by atoms with van der Waals surface area (Å²) in [5, 5.41) is 0. The van der Waals surface area contributed by atoms with E-state index >= 15 is 0 Å². The van der Waals surface area contributed by atoms with Crippen LogP contribution in [0.4, 0.5) is 4.79 Å². The Balaban J connectivity index is 2.26. The zero-order valence-corrected chi connectivity index (χ0v) is 9.38. The van der Waals surface area contributed by atoms with Crippen molar-refractivity contribution in [2.75, 3.05) is 0 Å². The molecule has 0 saturated heterocycles. The van der Waals surface area contributed by atoms with Crippen molar-refractivity contribution >= 4 is 6.09 Å². The molecule has 0 aliphatic carbocycles. The van der Waals surface area contributed by atoms with Crippen molar-refractivity contribution in [1.82, 2.24) is 4.98 Å². The maximum absolute atomic E-state index is 10.6. The molecule has 1 aromatic heterocycles. The van der Waals surface area contributed by atoms with Gasteiger partial charge in [0.1, 0.15) is 5.75 Å². The molecular formula is C13H12N2O2. The van der Waals surface area contributed by atoms with Crippen LogP contribution in [0, 0.1) is 6.92 Å². The second-order valence-electron chi connectivity index (χ2n) is 3.61. The number of carbonyl (C=O) groups excluding carboxylic acids is 1. The highest BCUT2D eigenvalue weighted by Gasteiger charge is 2.01. The van der Waals surface area contributed by atoms with Gasteiger partial charge in [-0.2, -0.15) is 0 Å². The predicted molar refractivity (Wildman–Crippen MR) is 64.6 cm³/mol. The van der Waals surface area contributed by atoms with Crippen LogP contribution in [-0.2, 0) is 0 Å². The van der Waals surface area contributed by atoms with Gasteiger partial charge in [0.15, 0.2) is 0 Å². The van der Waals surface area contributed by atoms with E-state index in [0.717, 1.165) is 17.0 Å². The van der Waals surface area contributed by atoms with Gasteiger partial charge in [0.05, 0.1) is 5.69 Å². The second kappa shape index (κ2) is 4.65. The van der Waals surface area contributed by atoms with Crippen molar-refractivity contribution < 1.29 is 9.53 Å². The number of aryl methyl sites for hydroxylation is 1. The minimum absolute atomic E-state index is 0.425. The highest BCUT2D eigenvalue weighted by atomic mass is 16.5. The summed E-state index contributed by atoms with van der Waals surface area (Å²) in [6, 6.07) is 12.9. The number of primary amides is 1. The van der Waals surface area contributed by atoms with Gasteiger partial charge in [-0.25, -0.2) is 4.79 Å². The monoisotopic (exact) mass is 228 g/mol. The molecule has 0 unspecified atom stereocenters. The van der Waals surface area contributed by atoms with Crippen molar-refractivity contribution in [2.24, 2.45) is 5.73 Å². The summed E-state index contributed by atoms with van der Waals surface area (Å²) < 4.78 is 4.75. The first kappa shape index (κ1) is 11.1. The normalized spacial score (nSPS) is 9.94. The van der Waals surface area contributed by atoms with Crippen LogP contribution >= 0.6 is 0 Å². The zero-order valence-electron chi connectivity index (χ0n) is 9.38. The average molecular weight is 228 g/mol. The van der Waals surface area contributed by atoms with Crippen LogP contribution in [0.15, 0.2) is 42.5 Å². The molecule has 0 aliphatic rings. The molecule has 4 nitrogen and oxygen atoms in total. The van der Waals surface area contributed by atoms with Gasteiger partial charge in [-0.15, -0.1) is 0 Å². The number of nitrogens with zero attached hydrogens (tertiary/aromatic N) is 1. The number of amides is 1. The summed E-state index contributed by atoms with van der Waals surface area (Å²) in [5.74, 6) is 0.425.